The minimum Gasteiger partial charge on any atom is -0.304 e. The lowest BCUT2D eigenvalue weighted by Crippen LogP contribution is -2.47. The van der Waals surface area contributed by atoms with Gasteiger partial charge in [0.25, 0.3) is 0 Å². The van der Waals surface area contributed by atoms with Gasteiger partial charge in [0.05, 0.1) is 5.56 Å². The lowest BCUT2D eigenvalue weighted by Gasteiger charge is -2.32. The van der Waals surface area contributed by atoms with Crippen molar-refractivity contribution in [2.45, 2.75) is 0 Å². The molecule has 1 fully saturated rings. The molecule has 2 rings (SSSR count). The van der Waals surface area contributed by atoms with Crippen LogP contribution < -0.4 is 5.43 Å². The molecule has 5 heteroatoms. The van der Waals surface area contributed by atoms with Gasteiger partial charge in [0.15, 0.2) is 5.82 Å². The highest BCUT2D eigenvalue weighted by Crippen LogP contribution is 2.11. The van der Waals surface area contributed by atoms with Crippen molar-refractivity contribution in [3.05, 3.63) is 23.9 Å². The number of rotatable bonds is 2. The lowest BCUT2D eigenvalue weighted by molar-refractivity contribution is 0.178. The fourth-order valence-corrected chi connectivity index (χ4v) is 1.65. The molecule has 1 aromatic heterocycles. The Bertz CT molecular complexity index is 390. The van der Waals surface area contributed by atoms with Crippen molar-refractivity contribution in [2.24, 2.45) is 0 Å². The summed E-state index contributed by atoms with van der Waals surface area (Å²) in [6.07, 6.45) is 1.69. The predicted octanol–water partition coefficient (Wildman–Crippen LogP) is 0.528. The molecular weight excluding hydrogens is 202 g/mol. The monoisotopic (exact) mass is 217 g/mol. The number of nitrogens with one attached hydrogen (secondary N) is 1. The van der Waals surface area contributed by atoms with Gasteiger partial charge in [0, 0.05) is 32.4 Å². The van der Waals surface area contributed by atoms with Crippen molar-refractivity contribution in [3.8, 4) is 6.07 Å². The molecule has 5 nitrogen and oxygen atoms in total. The molecule has 1 saturated heterocycles. The van der Waals surface area contributed by atoms with Crippen molar-refractivity contribution in [2.75, 3.05) is 38.7 Å². The number of pyridine rings is 1. The van der Waals surface area contributed by atoms with Crippen LogP contribution >= 0.6 is 0 Å². The van der Waals surface area contributed by atoms with Gasteiger partial charge in [-0.05, 0) is 19.2 Å². The lowest BCUT2D eigenvalue weighted by atomic mass is 10.3. The fourth-order valence-electron chi connectivity index (χ4n) is 1.65. The Morgan fingerprint density at radius 3 is 2.81 bits per heavy atom. The molecule has 0 unspecified atom stereocenters. The minimum absolute atomic E-state index is 0.585. The van der Waals surface area contributed by atoms with Gasteiger partial charge in [0.2, 0.25) is 0 Å². The molecule has 0 radical (unpaired) electrons. The molecule has 0 spiro atoms. The van der Waals surface area contributed by atoms with E-state index in [1.54, 1.807) is 18.3 Å². The second-order valence-corrected chi connectivity index (χ2v) is 3.91. The third-order valence-electron chi connectivity index (χ3n) is 2.70. The number of hydrazine groups is 1. The molecule has 84 valence electrons. The van der Waals surface area contributed by atoms with Crippen LogP contribution in [0.3, 0.4) is 0 Å². The van der Waals surface area contributed by atoms with Crippen molar-refractivity contribution < 1.29 is 0 Å². The van der Waals surface area contributed by atoms with E-state index in [1.165, 1.54) is 0 Å². The molecule has 0 aliphatic carbocycles. The molecule has 1 aromatic rings. The molecule has 1 aliphatic heterocycles. The maximum absolute atomic E-state index is 8.93. The van der Waals surface area contributed by atoms with E-state index in [9.17, 15) is 0 Å². The molecular formula is C11H15N5. The third kappa shape index (κ3) is 2.48. The van der Waals surface area contributed by atoms with Crippen LogP contribution in [0.1, 0.15) is 5.56 Å². The standard InChI is InChI=1S/C11H15N5/c1-15-5-7-16(8-6-15)14-11-10(9-12)3-2-4-13-11/h2-4H,5-8H2,1H3,(H,13,14). The second-order valence-electron chi connectivity index (χ2n) is 3.91. The molecule has 1 aliphatic rings. The number of nitrogens with zero attached hydrogens (tertiary/aromatic N) is 4. The highest BCUT2D eigenvalue weighted by atomic mass is 15.5. The molecule has 0 aromatic carbocycles. The van der Waals surface area contributed by atoms with E-state index in [-0.39, 0.29) is 0 Å². The van der Waals surface area contributed by atoms with E-state index in [0.29, 0.717) is 11.4 Å². The number of anilines is 1. The number of hydrogen-bond donors (Lipinski definition) is 1. The zero-order valence-electron chi connectivity index (χ0n) is 9.35. The van der Waals surface area contributed by atoms with Crippen molar-refractivity contribution in [1.29, 1.82) is 5.26 Å². The van der Waals surface area contributed by atoms with Gasteiger partial charge in [0.1, 0.15) is 6.07 Å². The van der Waals surface area contributed by atoms with Crippen LogP contribution in [0, 0.1) is 11.3 Å². The zero-order valence-corrected chi connectivity index (χ0v) is 9.35. The number of hydrogen-bond acceptors (Lipinski definition) is 5. The van der Waals surface area contributed by atoms with Crippen molar-refractivity contribution >= 4 is 5.82 Å². The summed E-state index contributed by atoms with van der Waals surface area (Å²) >= 11 is 0. The minimum atomic E-state index is 0.585. The van der Waals surface area contributed by atoms with Gasteiger partial charge in [-0.25, -0.2) is 9.99 Å². The highest BCUT2D eigenvalue weighted by Gasteiger charge is 2.14. The van der Waals surface area contributed by atoms with Gasteiger partial charge in [-0.15, -0.1) is 0 Å². The maximum atomic E-state index is 8.93. The summed E-state index contributed by atoms with van der Waals surface area (Å²) in [4.78, 5) is 6.45. The average molecular weight is 217 g/mol. The van der Waals surface area contributed by atoms with Crippen molar-refractivity contribution in [1.82, 2.24) is 14.9 Å². The Balaban J connectivity index is 2.01. The van der Waals surface area contributed by atoms with Crippen LogP contribution in [0.2, 0.25) is 0 Å². The van der Waals surface area contributed by atoms with Gasteiger partial charge in [-0.2, -0.15) is 5.26 Å². The van der Waals surface area contributed by atoms with E-state index in [4.69, 9.17) is 5.26 Å². The predicted molar refractivity (Wildman–Crippen MR) is 61.6 cm³/mol. The Kier molecular flexibility index (Phi) is 3.34. The third-order valence-corrected chi connectivity index (χ3v) is 2.70. The Labute approximate surface area is 95.3 Å². The summed E-state index contributed by atoms with van der Waals surface area (Å²) in [7, 11) is 2.11. The molecule has 0 amide bonds. The van der Waals surface area contributed by atoms with E-state index >= 15 is 0 Å². The molecule has 0 saturated carbocycles. The Hall–Kier alpha value is -1.64. The topological polar surface area (TPSA) is 55.2 Å². The SMILES string of the molecule is CN1CCN(Nc2ncccc2C#N)CC1. The molecule has 0 atom stereocenters. The summed E-state index contributed by atoms with van der Waals surface area (Å²) in [5, 5.41) is 11.0. The summed E-state index contributed by atoms with van der Waals surface area (Å²) in [6.45, 7) is 3.94. The zero-order chi connectivity index (χ0) is 11.4. The average Bonchev–Trinajstić information content (AvgIpc) is 2.33. The van der Waals surface area contributed by atoms with Crippen LogP contribution in [-0.4, -0.2) is 48.1 Å². The molecule has 0 bridgehead atoms. The van der Waals surface area contributed by atoms with Gasteiger partial charge in [-0.3, -0.25) is 0 Å². The Morgan fingerprint density at radius 1 is 1.38 bits per heavy atom. The van der Waals surface area contributed by atoms with Crippen LogP contribution in [0.5, 0.6) is 0 Å². The van der Waals surface area contributed by atoms with Gasteiger partial charge in [-0.1, -0.05) is 0 Å². The number of piperazine rings is 1. The molecule has 16 heavy (non-hydrogen) atoms. The quantitative estimate of drug-likeness (QED) is 0.783. The first-order valence-corrected chi connectivity index (χ1v) is 5.35. The number of likely N-dealkylation sites (N-methyl/N-ethyl adjacent to an activating group) is 1. The van der Waals surface area contributed by atoms with Gasteiger partial charge >= 0.3 is 0 Å². The first kappa shape index (κ1) is 10.9. The van der Waals surface area contributed by atoms with Gasteiger partial charge < -0.3 is 10.3 Å². The first-order valence-electron chi connectivity index (χ1n) is 5.35. The largest absolute Gasteiger partial charge is 0.304 e. The highest BCUT2D eigenvalue weighted by molar-refractivity contribution is 5.50. The van der Waals surface area contributed by atoms with E-state index in [0.717, 1.165) is 26.2 Å². The summed E-state index contributed by atoms with van der Waals surface area (Å²) in [5.74, 6) is 0.648. The summed E-state index contributed by atoms with van der Waals surface area (Å²) in [6, 6.07) is 5.67. The molecule has 1 N–H and O–H groups in total. The van der Waals surface area contributed by atoms with Crippen LogP contribution in [0.25, 0.3) is 0 Å². The number of aromatic nitrogens is 1. The fraction of sp³-hybridized carbons (Fsp3) is 0.455. The van der Waals surface area contributed by atoms with E-state index < -0.39 is 0 Å². The van der Waals surface area contributed by atoms with E-state index in [1.807, 2.05) is 0 Å². The maximum Gasteiger partial charge on any atom is 0.158 e. The summed E-state index contributed by atoms with van der Waals surface area (Å²) in [5.41, 5.74) is 3.78. The van der Waals surface area contributed by atoms with Crippen molar-refractivity contribution in [3.63, 3.8) is 0 Å². The normalized spacial score (nSPS) is 18.0. The first-order chi connectivity index (χ1) is 7.79. The van der Waals surface area contributed by atoms with E-state index in [2.05, 4.69) is 33.4 Å². The number of nitriles is 1. The van der Waals surface area contributed by atoms with Crippen LogP contribution in [-0.2, 0) is 0 Å². The smallest absolute Gasteiger partial charge is 0.158 e. The van der Waals surface area contributed by atoms with Crippen LogP contribution in [0.15, 0.2) is 18.3 Å². The Morgan fingerprint density at radius 2 is 2.12 bits per heavy atom. The summed E-state index contributed by atoms with van der Waals surface area (Å²) < 4.78 is 0. The molecule has 2 heterocycles. The second kappa shape index (κ2) is 4.92. The van der Waals surface area contributed by atoms with Crippen LogP contribution in [0.4, 0.5) is 5.82 Å².